The maximum Gasteiger partial charge on any atom is 0.0824 e. The lowest BCUT2D eigenvalue weighted by atomic mass is 10.4. The summed E-state index contributed by atoms with van der Waals surface area (Å²) in [5.41, 5.74) is 0.352. The molecule has 0 aromatic carbocycles. The zero-order valence-corrected chi connectivity index (χ0v) is 4.22. The Balaban J connectivity index is 2.92. The highest BCUT2D eigenvalue weighted by molar-refractivity contribution is 5.23. The number of rotatable bonds is 1. The first-order chi connectivity index (χ1) is 3.84. The molecule has 0 bridgehead atoms. The van der Waals surface area contributed by atoms with Crippen molar-refractivity contribution in [1.29, 1.82) is 0 Å². The molecule has 3 heteroatoms. The van der Waals surface area contributed by atoms with Gasteiger partial charge in [-0.3, -0.25) is 0 Å². The summed E-state index contributed by atoms with van der Waals surface area (Å²) >= 11 is 0. The van der Waals surface area contributed by atoms with Gasteiger partial charge in [0.25, 0.3) is 0 Å². The first-order valence-electron chi connectivity index (χ1n) is 2.28. The van der Waals surface area contributed by atoms with Crippen molar-refractivity contribution in [3.05, 3.63) is 18.0 Å². The molecule has 8 heavy (non-hydrogen) atoms. The van der Waals surface area contributed by atoms with Gasteiger partial charge in [-0.1, -0.05) is 11.8 Å². The molecule has 1 aromatic rings. The number of aliphatic hydroxyl groups is 1. The molecular formula is C5H6NO2-. The Kier molecular flexibility index (Phi) is 1.22. The average Bonchev–Trinajstić information content (AvgIpc) is 2.14. The lowest BCUT2D eigenvalue weighted by Crippen LogP contribution is -1.92. The van der Waals surface area contributed by atoms with E-state index >= 15 is 0 Å². The van der Waals surface area contributed by atoms with Gasteiger partial charge in [-0.2, -0.15) is 0 Å². The van der Waals surface area contributed by atoms with E-state index < -0.39 is 0 Å². The van der Waals surface area contributed by atoms with Gasteiger partial charge in [0.2, 0.25) is 0 Å². The molecule has 0 aliphatic heterocycles. The van der Waals surface area contributed by atoms with Crippen molar-refractivity contribution in [1.82, 2.24) is 4.98 Å². The van der Waals surface area contributed by atoms with Gasteiger partial charge in [-0.25, -0.2) is 0 Å². The van der Waals surface area contributed by atoms with E-state index in [0.29, 0.717) is 5.69 Å². The summed E-state index contributed by atoms with van der Waals surface area (Å²) in [6, 6.07) is 1.38. The van der Waals surface area contributed by atoms with E-state index in [1.165, 1.54) is 12.3 Å². The smallest absolute Gasteiger partial charge is 0.0824 e. The van der Waals surface area contributed by atoms with Gasteiger partial charge in [0.15, 0.2) is 0 Å². The zero-order chi connectivity index (χ0) is 5.98. The van der Waals surface area contributed by atoms with Crippen LogP contribution in [0.4, 0.5) is 0 Å². The van der Waals surface area contributed by atoms with Gasteiger partial charge in [0, 0.05) is 11.9 Å². The maximum atomic E-state index is 10.5. The highest BCUT2D eigenvalue weighted by Crippen LogP contribution is 2.08. The summed E-state index contributed by atoms with van der Waals surface area (Å²) in [4.78, 5) is 2.59. The summed E-state index contributed by atoms with van der Waals surface area (Å²) in [7, 11) is 0. The number of aliphatic hydroxyl groups excluding tert-OH is 1. The van der Waals surface area contributed by atoms with Crippen molar-refractivity contribution in [2.75, 3.05) is 0 Å². The van der Waals surface area contributed by atoms with Crippen molar-refractivity contribution in [2.24, 2.45) is 0 Å². The SMILES string of the molecule is [O-]c1cc[nH]c1CO. The standard InChI is InChI=1S/C5H7NO2/c7-3-4-5(8)1-2-6-4/h1-2,6-8H,3H2/p-1. The molecule has 1 rings (SSSR count). The molecule has 0 spiro atoms. The maximum absolute atomic E-state index is 10.5. The van der Waals surface area contributed by atoms with E-state index in [0.717, 1.165) is 0 Å². The summed E-state index contributed by atoms with van der Waals surface area (Å²) in [6.45, 7) is -0.203. The second kappa shape index (κ2) is 1.88. The molecule has 0 radical (unpaired) electrons. The zero-order valence-electron chi connectivity index (χ0n) is 4.22. The molecule has 1 heterocycles. The highest BCUT2D eigenvalue weighted by atomic mass is 16.3. The van der Waals surface area contributed by atoms with E-state index in [2.05, 4.69) is 4.98 Å². The van der Waals surface area contributed by atoms with Crippen LogP contribution in [-0.4, -0.2) is 10.1 Å². The molecule has 0 amide bonds. The molecule has 2 N–H and O–H groups in total. The summed E-state index contributed by atoms with van der Waals surface area (Å²) in [6.07, 6.45) is 1.51. The number of H-pyrrole nitrogens is 1. The second-order valence-corrected chi connectivity index (χ2v) is 1.48. The Morgan fingerprint density at radius 2 is 2.50 bits per heavy atom. The number of hydrogen-bond acceptors (Lipinski definition) is 2. The fourth-order valence-corrected chi connectivity index (χ4v) is 0.513. The van der Waals surface area contributed by atoms with E-state index in [1.54, 1.807) is 0 Å². The van der Waals surface area contributed by atoms with E-state index in [-0.39, 0.29) is 12.4 Å². The molecule has 0 saturated carbocycles. The number of aromatic amines is 1. The number of nitrogens with one attached hydrogen (secondary N) is 1. The van der Waals surface area contributed by atoms with Gasteiger partial charge >= 0.3 is 0 Å². The van der Waals surface area contributed by atoms with Gasteiger partial charge in [-0.05, 0) is 0 Å². The number of aromatic nitrogens is 1. The Labute approximate surface area is 46.6 Å². The molecule has 44 valence electrons. The van der Waals surface area contributed by atoms with Crippen LogP contribution in [0.1, 0.15) is 5.69 Å². The fourth-order valence-electron chi connectivity index (χ4n) is 0.513. The topological polar surface area (TPSA) is 59.1 Å². The first kappa shape index (κ1) is 5.18. The van der Waals surface area contributed by atoms with Crippen LogP contribution in [0.2, 0.25) is 0 Å². The third kappa shape index (κ3) is 0.675. The molecule has 3 nitrogen and oxygen atoms in total. The van der Waals surface area contributed by atoms with Crippen molar-refractivity contribution >= 4 is 0 Å². The van der Waals surface area contributed by atoms with Crippen LogP contribution in [0, 0.1) is 0 Å². The Morgan fingerprint density at radius 1 is 1.75 bits per heavy atom. The molecule has 0 aliphatic rings. The Morgan fingerprint density at radius 3 is 2.75 bits per heavy atom. The monoisotopic (exact) mass is 112 g/mol. The minimum Gasteiger partial charge on any atom is -0.871 e. The minimum absolute atomic E-state index is 0.132. The molecule has 0 fully saturated rings. The lowest BCUT2D eigenvalue weighted by molar-refractivity contribution is -0.269. The van der Waals surface area contributed by atoms with Crippen LogP contribution in [-0.2, 0) is 6.61 Å². The van der Waals surface area contributed by atoms with Crippen molar-refractivity contribution in [3.63, 3.8) is 0 Å². The normalized spacial score (nSPS) is 9.62. The van der Waals surface area contributed by atoms with Gasteiger partial charge in [-0.15, -0.1) is 0 Å². The first-order valence-corrected chi connectivity index (χ1v) is 2.28. The largest absolute Gasteiger partial charge is 0.871 e. The van der Waals surface area contributed by atoms with Gasteiger partial charge in [0.05, 0.1) is 6.61 Å². The Hall–Kier alpha value is -0.960. The molecule has 0 atom stereocenters. The van der Waals surface area contributed by atoms with Crippen molar-refractivity contribution in [2.45, 2.75) is 6.61 Å². The summed E-state index contributed by atoms with van der Waals surface area (Å²) in [5, 5.41) is 18.8. The fraction of sp³-hybridized carbons (Fsp3) is 0.200. The molecular weight excluding hydrogens is 106 g/mol. The summed E-state index contributed by atoms with van der Waals surface area (Å²) < 4.78 is 0. The molecule has 1 aromatic heterocycles. The summed E-state index contributed by atoms with van der Waals surface area (Å²) in [5.74, 6) is -0.132. The lowest BCUT2D eigenvalue weighted by Gasteiger charge is -2.01. The van der Waals surface area contributed by atoms with Crippen LogP contribution < -0.4 is 5.11 Å². The highest BCUT2D eigenvalue weighted by Gasteiger charge is 1.87. The molecule has 0 unspecified atom stereocenters. The van der Waals surface area contributed by atoms with E-state index in [4.69, 9.17) is 5.11 Å². The number of hydrogen-bond donors (Lipinski definition) is 2. The third-order valence-corrected chi connectivity index (χ3v) is 0.948. The van der Waals surface area contributed by atoms with Crippen LogP contribution in [0.3, 0.4) is 0 Å². The van der Waals surface area contributed by atoms with E-state index in [9.17, 15) is 5.11 Å². The van der Waals surface area contributed by atoms with E-state index in [1.807, 2.05) is 0 Å². The van der Waals surface area contributed by atoms with Gasteiger partial charge in [0.1, 0.15) is 0 Å². The minimum atomic E-state index is -0.203. The van der Waals surface area contributed by atoms with Gasteiger partial charge < -0.3 is 15.2 Å². The Bertz CT molecular complexity index is 171. The third-order valence-electron chi connectivity index (χ3n) is 0.948. The van der Waals surface area contributed by atoms with Crippen molar-refractivity contribution in [3.8, 4) is 5.75 Å². The quantitative estimate of drug-likeness (QED) is 0.518. The van der Waals surface area contributed by atoms with Crippen LogP contribution in [0.15, 0.2) is 12.3 Å². The van der Waals surface area contributed by atoms with Crippen LogP contribution in [0.5, 0.6) is 5.75 Å². The average molecular weight is 112 g/mol. The van der Waals surface area contributed by atoms with Crippen molar-refractivity contribution < 1.29 is 10.2 Å². The molecule has 0 saturated heterocycles. The second-order valence-electron chi connectivity index (χ2n) is 1.48. The predicted octanol–water partition coefficient (Wildman–Crippen LogP) is -0.419. The van der Waals surface area contributed by atoms with Crippen LogP contribution >= 0.6 is 0 Å². The predicted molar refractivity (Wildman–Crippen MR) is 26.2 cm³/mol. The molecule has 0 aliphatic carbocycles. The van der Waals surface area contributed by atoms with Crippen LogP contribution in [0.25, 0.3) is 0 Å².